The van der Waals surface area contributed by atoms with Crippen LogP contribution in [0.2, 0.25) is 0 Å². The topological polar surface area (TPSA) is 98.5 Å². The van der Waals surface area contributed by atoms with Crippen molar-refractivity contribution in [2.45, 2.75) is 38.1 Å². The minimum atomic E-state index is -0.488. The molecule has 0 radical (unpaired) electrons. The zero-order valence-corrected chi connectivity index (χ0v) is 16.2. The Hall–Kier alpha value is -3.61. The van der Waals surface area contributed by atoms with E-state index in [-0.39, 0.29) is 11.7 Å². The van der Waals surface area contributed by atoms with Crippen molar-refractivity contribution in [2.24, 2.45) is 0 Å². The van der Waals surface area contributed by atoms with E-state index in [0.717, 1.165) is 25.7 Å². The summed E-state index contributed by atoms with van der Waals surface area (Å²) in [5, 5.41) is 15.6. The lowest BCUT2D eigenvalue weighted by Crippen LogP contribution is -2.22. The highest BCUT2D eigenvalue weighted by Crippen LogP contribution is 2.41. The summed E-state index contributed by atoms with van der Waals surface area (Å²) in [6, 6.07) is 13.7. The van der Waals surface area contributed by atoms with Gasteiger partial charge < -0.3 is 14.2 Å². The fourth-order valence-electron chi connectivity index (χ4n) is 4.27. The van der Waals surface area contributed by atoms with Gasteiger partial charge in [0.1, 0.15) is 11.0 Å². The van der Waals surface area contributed by atoms with Gasteiger partial charge in [0.15, 0.2) is 5.58 Å². The number of hydrogen-bond acceptors (Lipinski definition) is 6. The van der Waals surface area contributed by atoms with Crippen LogP contribution in [0.1, 0.15) is 32.1 Å². The van der Waals surface area contributed by atoms with Crippen molar-refractivity contribution in [3.63, 3.8) is 0 Å². The van der Waals surface area contributed by atoms with E-state index in [1.807, 2.05) is 12.1 Å². The summed E-state index contributed by atoms with van der Waals surface area (Å²) in [4.78, 5) is 23.5. The molecular formula is C23H20N2O5. The molecule has 30 heavy (non-hydrogen) atoms. The second kappa shape index (κ2) is 7.33. The molecule has 7 heteroatoms. The van der Waals surface area contributed by atoms with Crippen LogP contribution < -0.4 is 10.9 Å². The summed E-state index contributed by atoms with van der Waals surface area (Å²) in [5.74, 6) is 0.509. The predicted octanol–water partition coefficient (Wildman–Crippen LogP) is 5.86. The average Bonchev–Trinajstić information content (AvgIpc) is 3.14. The van der Waals surface area contributed by atoms with Crippen molar-refractivity contribution >= 4 is 33.5 Å². The van der Waals surface area contributed by atoms with Crippen LogP contribution in [-0.4, -0.2) is 11.0 Å². The first kappa shape index (κ1) is 18.4. The van der Waals surface area contributed by atoms with E-state index in [1.54, 1.807) is 24.3 Å². The second-order valence-corrected chi connectivity index (χ2v) is 7.68. The largest absolute Gasteiger partial charge is 0.439 e. The molecule has 1 N–H and O–H groups in total. The zero-order valence-electron chi connectivity index (χ0n) is 16.2. The predicted molar refractivity (Wildman–Crippen MR) is 115 cm³/mol. The van der Waals surface area contributed by atoms with Crippen LogP contribution in [0.3, 0.4) is 0 Å². The lowest BCUT2D eigenvalue weighted by molar-refractivity contribution is -0.384. The molecule has 0 unspecified atom stereocenters. The monoisotopic (exact) mass is 404 g/mol. The molecule has 4 aromatic rings. The second-order valence-electron chi connectivity index (χ2n) is 7.68. The molecule has 5 rings (SSSR count). The van der Waals surface area contributed by atoms with Gasteiger partial charge in [-0.2, -0.15) is 0 Å². The van der Waals surface area contributed by atoms with Crippen molar-refractivity contribution < 1.29 is 13.8 Å². The highest BCUT2D eigenvalue weighted by Gasteiger charge is 2.25. The molecule has 0 saturated heterocycles. The summed E-state index contributed by atoms with van der Waals surface area (Å²) in [7, 11) is 0. The van der Waals surface area contributed by atoms with Crippen LogP contribution in [0, 0.1) is 10.1 Å². The highest BCUT2D eigenvalue weighted by molar-refractivity contribution is 6.09. The first-order valence-corrected chi connectivity index (χ1v) is 10.1. The van der Waals surface area contributed by atoms with Crippen LogP contribution in [0.5, 0.6) is 0 Å². The first-order chi connectivity index (χ1) is 14.6. The number of fused-ring (bicyclic) bond motifs is 3. The fourth-order valence-corrected chi connectivity index (χ4v) is 4.27. The number of non-ortho nitro benzene ring substituents is 1. The Morgan fingerprint density at radius 2 is 1.70 bits per heavy atom. The molecular weight excluding hydrogens is 384 g/mol. The van der Waals surface area contributed by atoms with Crippen LogP contribution in [0.25, 0.3) is 33.1 Å². The van der Waals surface area contributed by atoms with Gasteiger partial charge in [0, 0.05) is 18.2 Å². The third-order valence-corrected chi connectivity index (χ3v) is 5.75. The molecule has 2 heterocycles. The van der Waals surface area contributed by atoms with Crippen molar-refractivity contribution in [3.05, 3.63) is 69.1 Å². The number of rotatable bonds is 4. The Morgan fingerprint density at radius 1 is 0.967 bits per heavy atom. The van der Waals surface area contributed by atoms with E-state index in [1.165, 1.54) is 18.6 Å². The number of benzene rings is 2. The lowest BCUT2D eigenvalue weighted by atomic mass is 9.95. The molecule has 0 amide bonds. The SMILES string of the molecule is O=c1oc2ccccc2c2oc(NC3CCCCC3)c(-c3ccc([N+](=O)[O-])cc3)c12. The Labute approximate surface area is 171 Å². The van der Waals surface area contributed by atoms with Gasteiger partial charge in [-0.1, -0.05) is 31.4 Å². The minimum Gasteiger partial charge on any atom is -0.439 e. The molecule has 2 aromatic heterocycles. The summed E-state index contributed by atoms with van der Waals surface area (Å²) >= 11 is 0. The van der Waals surface area contributed by atoms with Crippen molar-refractivity contribution in [2.75, 3.05) is 5.32 Å². The standard InChI is InChI=1S/C23H20N2O5/c26-23-20-19(14-10-12-16(13-11-14)25(27)28)22(24-15-6-2-1-3-7-15)30-21(20)17-8-4-5-9-18(17)29-23/h4-5,8-13,15,24H,1-3,6-7H2. The average molecular weight is 404 g/mol. The van der Waals surface area contributed by atoms with E-state index in [2.05, 4.69) is 5.32 Å². The number of nitro groups is 1. The molecule has 0 spiro atoms. The van der Waals surface area contributed by atoms with Crippen molar-refractivity contribution in [1.82, 2.24) is 0 Å². The van der Waals surface area contributed by atoms with E-state index in [0.29, 0.717) is 38.9 Å². The molecule has 1 aliphatic rings. The third kappa shape index (κ3) is 3.12. The molecule has 1 aliphatic carbocycles. The summed E-state index contributed by atoms with van der Waals surface area (Å²) in [6.07, 6.45) is 5.59. The molecule has 1 saturated carbocycles. The maximum absolute atomic E-state index is 12.9. The third-order valence-electron chi connectivity index (χ3n) is 5.75. The van der Waals surface area contributed by atoms with Crippen molar-refractivity contribution in [3.8, 4) is 11.1 Å². The number of hydrogen-bond donors (Lipinski definition) is 1. The van der Waals surface area contributed by atoms with Crippen LogP contribution in [0.4, 0.5) is 11.6 Å². The van der Waals surface area contributed by atoms with Crippen LogP contribution in [-0.2, 0) is 0 Å². The Kier molecular flexibility index (Phi) is 4.50. The number of para-hydroxylation sites is 1. The molecule has 7 nitrogen and oxygen atoms in total. The maximum atomic E-state index is 12.9. The van der Waals surface area contributed by atoms with Gasteiger partial charge in [0.2, 0.25) is 5.88 Å². The molecule has 0 bridgehead atoms. The number of furan rings is 1. The van der Waals surface area contributed by atoms with Gasteiger partial charge in [-0.15, -0.1) is 0 Å². The molecule has 0 aliphatic heterocycles. The quantitative estimate of drug-likeness (QED) is 0.260. The van der Waals surface area contributed by atoms with Gasteiger partial charge in [0.25, 0.3) is 5.69 Å². The zero-order chi connectivity index (χ0) is 20.7. The van der Waals surface area contributed by atoms with Gasteiger partial charge in [-0.25, -0.2) is 4.79 Å². The lowest BCUT2D eigenvalue weighted by Gasteiger charge is -2.23. The number of nitro benzene ring substituents is 1. The molecule has 0 atom stereocenters. The van der Waals surface area contributed by atoms with Crippen LogP contribution in [0.15, 0.2) is 62.2 Å². The summed E-state index contributed by atoms with van der Waals surface area (Å²) in [6.45, 7) is 0. The minimum absolute atomic E-state index is 0.00850. The number of nitrogens with one attached hydrogen (secondary N) is 1. The Balaban J connectivity index is 1.74. The van der Waals surface area contributed by atoms with Gasteiger partial charge >= 0.3 is 5.63 Å². The summed E-state index contributed by atoms with van der Waals surface area (Å²) < 4.78 is 11.8. The van der Waals surface area contributed by atoms with Crippen LogP contribution >= 0.6 is 0 Å². The van der Waals surface area contributed by atoms with Crippen molar-refractivity contribution in [1.29, 1.82) is 0 Å². The normalized spacial score (nSPS) is 14.9. The first-order valence-electron chi connectivity index (χ1n) is 10.1. The van der Waals surface area contributed by atoms with E-state index in [4.69, 9.17) is 8.83 Å². The van der Waals surface area contributed by atoms with Gasteiger partial charge in [0.05, 0.1) is 15.9 Å². The maximum Gasteiger partial charge on any atom is 0.348 e. The van der Waals surface area contributed by atoms with Gasteiger partial charge in [-0.3, -0.25) is 10.1 Å². The van der Waals surface area contributed by atoms with Gasteiger partial charge in [-0.05, 0) is 42.7 Å². The smallest absolute Gasteiger partial charge is 0.348 e. The van der Waals surface area contributed by atoms with E-state index < -0.39 is 10.5 Å². The molecule has 2 aromatic carbocycles. The number of nitrogens with zero attached hydrogens (tertiary/aromatic N) is 1. The Bertz CT molecular complexity index is 1300. The summed E-state index contributed by atoms with van der Waals surface area (Å²) in [5.41, 5.74) is 1.69. The van der Waals surface area contributed by atoms with E-state index >= 15 is 0 Å². The molecule has 1 fully saturated rings. The number of anilines is 1. The Morgan fingerprint density at radius 3 is 2.43 bits per heavy atom. The van der Waals surface area contributed by atoms with E-state index in [9.17, 15) is 14.9 Å². The fraction of sp³-hybridized carbons (Fsp3) is 0.261. The highest BCUT2D eigenvalue weighted by atomic mass is 16.6. The molecule has 152 valence electrons.